The predicted molar refractivity (Wildman–Crippen MR) is 61.3 cm³/mol. The number of benzene rings is 1. The molecule has 0 aliphatic heterocycles. The van der Waals surface area contributed by atoms with Gasteiger partial charge >= 0.3 is 0 Å². The smallest absolute Gasteiger partial charge is 0.171 e. The number of pyridine rings is 1. The van der Waals surface area contributed by atoms with Crippen molar-refractivity contribution in [3.8, 4) is 5.75 Å². The molecule has 0 aliphatic carbocycles. The Morgan fingerprint density at radius 1 is 1.24 bits per heavy atom. The molecule has 1 heterocycles. The molecule has 88 valence electrons. The van der Waals surface area contributed by atoms with Gasteiger partial charge in [-0.25, -0.2) is 4.39 Å². The van der Waals surface area contributed by atoms with Crippen molar-refractivity contribution in [2.75, 3.05) is 7.11 Å². The van der Waals surface area contributed by atoms with Crippen LogP contribution in [0.4, 0.5) is 4.39 Å². The summed E-state index contributed by atoms with van der Waals surface area (Å²) in [4.78, 5) is 3.85. The minimum atomic E-state index is -1.02. The molecule has 17 heavy (non-hydrogen) atoms. The van der Waals surface area contributed by atoms with Crippen LogP contribution in [0, 0.1) is 5.82 Å². The van der Waals surface area contributed by atoms with E-state index in [2.05, 4.69) is 4.98 Å². The van der Waals surface area contributed by atoms with Crippen molar-refractivity contribution in [1.29, 1.82) is 0 Å². The number of rotatable bonds is 3. The zero-order chi connectivity index (χ0) is 12.3. The molecular formula is C13H12FNO2. The number of halogens is 1. The van der Waals surface area contributed by atoms with E-state index in [0.717, 1.165) is 0 Å². The summed E-state index contributed by atoms with van der Waals surface area (Å²) < 4.78 is 18.8. The lowest BCUT2D eigenvalue weighted by Crippen LogP contribution is -2.04. The number of hydrogen-bond acceptors (Lipinski definition) is 3. The molecule has 3 nitrogen and oxygen atoms in total. The lowest BCUT2D eigenvalue weighted by molar-refractivity contribution is 0.213. The summed E-state index contributed by atoms with van der Waals surface area (Å²) in [6.45, 7) is 0. The highest BCUT2D eigenvalue weighted by molar-refractivity contribution is 5.36. The first-order valence-electron chi connectivity index (χ1n) is 5.14. The highest BCUT2D eigenvalue weighted by atomic mass is 19.1. The van der Waals surface area contributed by atoms with Crippen molar-refractivity contribution in [3.05, 3.63) is 59.7 Å². The van der Waals surface area contributed by atoms with Crippen LogP contribution in [-0.2, 0) is 0 Å². The summed E-state index contributed by atoms with van der Waals surface area (Å²) >= 11 is 0. The van der Waals surface area contributed by atoms with E-state index in [1.807, 2.05) is 0 Å². The van der Waals surface area contributed by atoms with Crippen LogP contribution < -0.4 is 4.74 Å². The zero-order valence-corrected chi connectivity index (χ0v) is 9.30. The predicted octanol–water partition coefficient (Wildman–Crippen LogP) is 2.31. The Labute approximate surface area is 98.5 Å². The van der Waals surface area contributed by atoms with Crippen molar-refractivity contribution < 1.29 is 14.2 Å². The number of methoxy groups -OCH3 is 1. The summed E-state index contributed by atoms with van der Waals surface area (Å²) in [6, 6.07) is 7.97. The van der Waals surface area contributed by atoms with Gasteiger partial charge in [0.15, 0.2) is 11.6 Å². The van der Waals surface area contributed by atoms with Gasteiger partial charge < -0.3 is 9.84 Å². The summed E-state index contributed by atoms with van der Waals surface area (Å²) in [5.41, 5.74) is 0.780. The van der Waals surface area contributed by atoms with Crippen LogP contribution in [0.1, 0.15) is 17.2 Å². The second-order valence-corrected chi connectivity index (χ2v) is 3.55. The van der Waals surface area contributed by atoms with Crippen LogP contribution in [0.15, 0.2) is 42.7 Å². The minimum absolute atomic E-state index is 0.121. The molecule has 0 spiro atoms. The van der Waals surface area contributed by atoms with Gasteiger partial charge in [0.05, 0.1) is 7.11 Å². The number of aliphatic hydroxyl groups is 1. The topological polar surface area (TPSA) is 42.4 Å². The summed E-state index contributed by atoms with van der Waals surface area (Å²) in [6.07, 6.45) is 2.08. The SMILES string of the molecule is COc1cccc(C(O)c2ccncc2)c1F. The van der Waals surface area contributed by atoms with E-state index in [1.165, 1.54) is 19.2 Å². The lowest BCUT2D eigenvalue weighted by atomic mass is 10.0. The fourth-order valence-electron chi connectivity index (χ4n) is 1.62. The van der Waals surface area contributed by atoms with Gasteiger partial charge in [-0.05, 0) is 23.8 Å². The van der Waals surface area contributed by atoms with Crippen molar-refractivity contribution in [2.45, 2.75) is 6.10 Å². The quantitative estimate of drug-likeness (QED) is 0.884. The van der Waals surface area contributed by atoms with Crippen molar-refractivity contribution in [2.24, 2.45) is 0 Å². The maximum absolute atomic E-state index is 13.9. The normalized spacial score (nSPS) is 12.2. The molecule has 0 amide bonds. The largest absolute Gasteiger partial charge is 0.494 e. The van der Waals surface area contributed by atoms with Gasteiger partial charge in [0, 0.05) is 18.0 Å². The van der Waals surface area contributed by atoms with E-state index < -0.39 is 11.9 Å². The van der Waals surface area contributed by atoms with Gasteiger partial charge in [0.1, 0.15) is 6.10 Å². The molecule has 0 saturated heterocycles. The van der Waals surface area contributed by atoms with Crippen LogP contribution in [0.2, 0.25) is 0 Å². The number of aromatic nitrogens is 1. The molecule has 0 aliphatic rings. The van der Waals surface area contributed by atoms with Crippen LogP contribution in [-0.4, -0.2) is 17.2 Å². The molecule has 1 aromatic heterocycles. The second kappa shape index (κ2) is 4.93. The van der Waals surface area contributed by atoms with Crippen LogP contribution >= 0.6 is 0 Å². The van der Waals surface area contributed by atoms with Gasteiger partial charge in [0.25, 0.3) is 0 Å². The van der Waals surface area contributed by atoms with Gasteiger partial charge in [-0.1, -0.05) is 12.1 Å². The fourth-order valence-corrected chi connectivity index (χ4v) is 1.62. The maximum Gasteiger partial charge on any atom is 0.171 e. The number of ether oxygens (including phenoxy) is 1. The monoisotopic (exact) mass is 233 g/mol. The van der Waals surface area contributed by atoms with Gasteiger partial charge in [-0.15, -0.1) is 0 Å². The molecule has 1 atom stereocenters. The van der Waals surface area contributed by atoms with Crippen LogP contribution in [0.5, 0.6) is 5.75 Å². The molecule has 2 rings (SSSR count). The first-order chi connectivity index (χ1) is 8.24. The molecule has 0 saturated carbocycles. The van der Waals surface area contributed by atoms with Crippen LogP contribution in [0.3, 0.4) is 0 Å². The Balaban J connectivity index is 2.41. The molecule has 0 fully saturated rings. The number of aliphatic hydroxyl groups excluding tert-OH is 1. The maximum atomic E-state index is 13.9. The molecule has 1 N–H and O–H groups in total. The minimum Gasteiger partial charge on any atom is -0.494 e. The fraction of sp³-hybridized carbons (Fsp3) is 0.154. The highest BCUT2D eigenvalue weighted by Gasteiger charge is 2.17. The zero-order valence-electron chi connectivity index (χ0n) is 9.30. The Kier molecular flexibility index (Phi) is 3.35. The van der Waals surface area contributed by atoms with E-state index in [4.69, 9.17) is 4.74 Å². The number of hydrogen-bond donors (Lipinski definition) is 1. The second-order valence-electron chi connectivity index (χ2n) is 3.55. The molecule has 1 aromatic carbocycles. The average molecular weight is 233 g/mol. The Morgan fingerprint density at radius 3 is 2.59 bits per heavy atom. The van der Waals surface area contributed by atoms with E-state index in [0.29, 0.717) is 5.56 Å². The summed E-state index contributed by atoms with van der Waals surface area (Å²) in [7, 11) is 1.39. The molecule has 1 unspecified atom stereocenters. The highest BCUT2D eigenvalue weighted by Crippen LogP contribution is 2.28. The molecule has 2 aromatic rings. The summed E-state index contributed by atoms with van der Waals surface area (Å²) in [5.74, 6) is -0.421. The third-order valence-electron chi connectivity index (χ3n) is 2.53. The first-order valence-corrected chi connectivity index (χ1v) is 5.14. The average Bonchev–Trinajstić information content (AvgIpc) is 2.39. The standard InChI is InChI=1S/C13H12FNO2/c1-17-11-4-2-3-10(12(11)14)13(16)9-5-7-15-8-6-9/h2-8,13,16H,1H3. The van der Waals surface area contributed by atoms with E-state index in [-0.39, 0.29) is 11.3 Å². The van der Waals surface area contributed by atoms with Crippen molar-refractivity contribution >= 4 is 0 Å². The van der Waals surface area contributed by atoms with E-state index in [1.54, 1.807) is 30.6 Å². The van der Waals surface area contributed by atoms with Crippen molar-refractivity contribution in [1.82, 2.24) is 4.98 Å². The Hall–Kier alpha value is -1.94. The van der Waals surface area contributed by atoms with Gasteiger partial charge in [-0.3, -0.25) is 4.98 Å². The Bertz CT molecular complexity index is 502. The number of nitrogens with zero attached hydrogens (tertiary/aromatic N) is 1. The van der Waals surface area contributed by atoms with Gasteiger partial charge in [-0.2, -0.15) is 0 Å². The molecule has 4 heteroatoms. The Morgan fingerprint density at radius 2 is 1.94 bits per heavy atom. The van der Waals surface area contributed by atoms with E-state index in [9.17, 15) is 9.50 Å². The third-order valence-corrected chi connectivity index (χ3v) is 2.53. The third kappa shape index (κ3) is 2.26. The molecule has 0 radical (unpaired) electrons. The first kappa shape index (κ1) is 11.5. The lowest BCUT2D eigenvalue weighted by Gasteiger charge is -2.13. The molecular weight excluding hydrogens is 221 g/mol. The molecule has 0 bridgehead atoms. The van der Waals surface area contributed by atoms with Gasteiger partial charge in [0.2, 0.25) is 0 Å². The van der Waals surface area contributed by atoms with Crippen LogP contribution in [0.25, 0.3) is 0 Å². The van der Waals surface area contributed by atoms with Crippen molar-refractivity contribution in [3.63, 3.8) is 0 Å². The van der Waals surface area contributed by atoms with E-state index >= 15 is 0 Å². The summed E-state index contributed by atoms with van der Waals surface area (Å²) in [5, 5.41) is 10.1.